The highest BCUT2D eigenvalue weighted by molar-refractivity contribution is 8.07. The van der Waals surface area contributed by atoms with Crippen LogP contribution in [-0.2, 0) is 19.6 Å². The van der Waals surface area contributed by atoms with E-state index in [0.717, 1.165) is 11.5 Å². The third kappa shape index (κ3) is 5.27. The van der Waals surface area contributed by atoms with Gasteiger partial charge in [0.1, 0.15) is 6.54 Å². The standard InChI is InChI=1S/C13H22N2O5S3/c1-23(19,20)14-4-2-10(3-5-14)15(8-12(16)17)13(18)11-9-21-6-7-22-11/h10-11H,2-9H2,1H3,(H,16,17). The number of carbonyl (C=O) groups excluding carboxylic acids is 1. The lowest BCUT2D eigenvalue weighted by atomic mass is 10.0. The molecule has 0 saturated carbocycles. The van der Waals surface area contributed by atoms with Crippen LogP contribution in [0, 0.1) is 0 Å². The van der Waals surface area contributed by atoms with Gasteiger partial charge in [-0.3, -0.25) is 9.59 Å². The van der Waals surface area contributed by atoms with Crippen molar-refractivity contribution in [1.82, 2.24) is 9.21 Å². The van der Waals surface area contributed by atoms with Gasteiger partial charge in [-0.05, 0) is 12.8 Å². The van der Waals surface area contributed by atoms with E-state index in [-0.39, 0.29) is 23.7 Å². The molecule has 2 rings (SSSR count). The lowest BCUT2D eigenvalue weighted by molar-refractivity contribution is -0.146. The Morgan fingerprint density at radius 2 is 1.91 bits per heavy atom. The van der Waals surface area contributed by atoms with Crippen LogP contribution in [-0.4, -0.2) is 89.0 Å². The van der Waals surface area contributed by atoms with E-state index >= 15 is 0 Å². The summed E-state index contributed by atoms with van der Waals surface area (Å²) >= 11 is 3.30. The van der Waals surface area contributed by atoms with Gasteiger partial charge in [-0.2, -0.15) is 11.8 Å². The van der Waals surface area contributed by atoms with Crippen LogP contribution in [0.1, 0.15) is 12.8 Å². The molecule has 132 valence electrons. The first kappa shape index (κ1) is 18.9. The fraction of sp³-hybridized carbons (Fsp3) is 0.846. The number of hydrogen-bond donors (Lipinski definition) is 1. The Kier molecular flexibility index (Phi) is 6.64. The number of nitrogens with zero attached hydrogens (tertiary/aromatic N) is 2. The normalized spacial score (nSPS) is 24.3. The van der Waals surface area contributed by atoms with E-state index in [1.807, 2.05) is 0 Å². The van der Waals surface area contributed by atoms with Gasteiger partial charge in [0.05, 0.1) is 11.5 Å². The van der Waals surface area contributed by atoms with E-state index in [1.165, 1.54) is 15.5 Å². The number of aliphatic carboxylic acids is 1. The molecule has 1 N–H and O–H groups in total. The van der Waals surface area contributed by atoms with Crippen LogP contribution in [0.15, 0.2) is 0 Å². The zero-order valence-corrected chi connectivity index (χ0v) is 15.5. The number of piperidine rings is 1. The van der Waals surface area contributed by atoms with Gasteiger partial charge < -0.3 is 10.0 Å². The molecule has 10 heteroatoms. The quantitative estimate of drug-likeness (QED) is 0.724. The predicted octanol–water partition coefficient (Wildman–Crippen LogP) is 0.172. The summed E-state index contributed by atoms with van der Waals surface area (Å²) in [6.45, 7) is 0.350. The maximum absolute atomic E-state index is 12.7. The number of rotatable bonds is 5. The molecule has 2 aliphatic heterocycles. The van der Waals surface area contributed by atoms with Crippen LogP contribution in [0.25, 0.3) is 0 Å². The molecular formula is C13H22N2O5S3. The van der Waals surface area contributed by atoms with E-state index in [9.17, 15) is 18.0 Å². The minimum absolute atomic E-state index is 0.123. The topological polar surface area (TPSA) is 95.0 Å². The molecule has 23 heavy (non-hydrogen) atoms. The second-order valence-electron chi connectivity index (χ2n) is 5.69. The van der Waals surface area contributed by atoms with E-state index in [1.54, 1.807) is 23.5 Å². The Morgan fingerprint density at radius 3 is 2.39 bits per heavy atom. The minimum Gasteiger partial charge on any atom is -0.480 e. The number of thioether (sulfide) groups is 2. The van der Waals surface area contributed by atoms with Gasteiger partial charge in [0.25, 0.3) is 0 Å². The van der Waals surface area contributed by atoms with Gasteiger partial charge in [0.15, 0.2) is 0 Å². The van der Waals surface area contributed by atoms with Gasteiger partial charge in [0.2, 0.25) is 15.9 Å². The van der Waals surface area contributed by atoms with Crippen molar-refractivity contribution in [3.05, 3.63) is 0 Å². The maximum Gasteiger partial charge on any atom is 0.323 e. The van der Waals surface area contributed by atoms with Crippen LogP contribution in [0.4, 0.5) is 0 Å². The molecule has 1 atom stereocenters. The zero-order chi connectivity index (χ0) is 17.0. The Morgan fingerprint density at radius 1 is 1.26 bits per heavy atom. The summed E-state index contributed by atoms with van der Waals surface area (Å²) in [5.74, 6) is 1.47. The summed E-state index contributed by atoms with van der Waals surface area (Å²) in [4.78, 5) is 25.3. The number of carbonyl (C=O) groups is 2. The van der Waals surface area contributed by atoms with Crippen molar-refractivity contribution in [2.24, 2.45) is 0 Å². The molecule has 7 nitrogen and oxygen atoms in total. The Labute approximate surface area is 145 Å². The second kappa shape index (κ2) is 8.09. The van der Waals surface area contributed by atoms with Gasteiger partial charge >= 0.3 is 5.97 Å². The molecule has 0 spiro atoms. The predicted molar refractivity (Wildman–Crippen MR) is 92.4 cm³/mol. The first-order valence-electron chi connectivity index (χ1n) is 7.46. The SMILES string of the molecule is CS(=O)(=O)N1CCC(N(CC(=O)O)C(=O)C2CSCCS2)CC1. The number of carboxylic acid groups (broad SMARTS) is 1. The largest absolute Gasteiger partial charge is 0.480 e. The van der Waals surface area contributed by atoms with Gasteiger partial charge in [-0.15, -0.1) is 11.8 Å². The fourth-order valence-corrected chi connectivity index (χ4v) is 6.32. The minimum atomic E-state index is -3.23. The van der Waals surface area contributed by atoms with Crippen LogP contribution in [0.2, 0.25) is 0 Å². The third-order valence-electron chi connectivity index (χ3n) is 4.01. The molecule has 2 saturated heterocycles. The molecule has 0 radical (unpaired) electrons. The van der Waals surface area contributed by atoms with Gasteiger partial charge in [-0.25, -0.2) is 12.7 Å². The molecule has 2 aliphatic rings. The monoisotopic (exact) mass is 382 g/mol. The molecule has 0 bridgehead atoms. The molecular weight excluding hydrogens is 360 g/mol. The van der Waals surface area contributed by atoms with Crippen LogP contribution >= 0.6 is 23.5 Å². The number of hydrogen-bond acceptors (Lipinski definition) is 6. The lowest BCUT2D eigenvalue weighted by Gasteiger charge is -2.38. The summed E-state index contributed by atoms with van der Waals surface area (Å²) in [6, 6.07) is -0.205. The molecule has 1 unspecified atom stereocenters. The van der Waals surface area contributed by atoms with Crippen molar-refractivity contribution < 1.29 is 23.1 Å². The maximum atomic E-state index is 12.7. The van der Waals surface area contributed by atoms with Crippen LogP contribution in [0.5, 0.6) is 0 Å². The average molecular weight is 383 g/mol. The van der Waals surface area contributed by atoms with Gasteiger partial charge in [-0.1, -0.05) is 0 Å². The summed E-state index contributed by atoms with van der Waals surface area (Å²) in [5, 5.41) is 8.94. The smallest absolute Gasteiger partial charge is 0.323 e. The second-order valence-corrected chi connectivity index (χ2v) is 10.1. The summed E-state index contributed by atoms with van der Waals surface area (Å²) < 4.78 is 24.5. The molecule has 0 aromatic heterocycles. The molecule has 1 amide bonds. The van der Waals surface area contributed by atoms with Crippen molar-refractivity contribution in [2.75, 3.05) is 43.1 Å². The summed E-state index contributed by atoms with van der Waals surface area (Å²) in [7, 11) is -3.23. The highest BCUT2D eigenvalue weighted by Gasteiger charge is 2.35. The molecule has 0 aliphatic carbocycles. The fourth-order valence-electron chi connectivity index (χ4n) is 2.83. The van der Waals surface area contributed by atoms with E-state index in [0.29, 0.717) is 31.7 Å². The Bertz CT molecular complexity index is 540. The molecule has 0 aromatic carbocycles. The van der Waals surface area contributed by atoms with Crippen molar-refractivity contribution in [1.29, 1.82) is 0 Å². The van der Waals surface area contributed by atoms with E-state index in [2.05, 4.69) is 0 Å². The van der Waals surface area contributed by atoms with Crippen molar-refractivity contribution >= 4 is 45.4 Å². The van der Waals surface area contributed by atoms with Crippen LogP contribution in [0.3, 0.4) is 0 Å². The average Bonchev–Trinajstić information content (AvgIpc) is 2.52. The molecule has 2 heterocycles. The molecule has 2 fully saturated rings. The summed E-state index contributed by atoms with van der Waals surface area (Å²) in [5.41, 5.74) is 0. The van der Waals surface area contributed by atoms with Crippen LogP contribution < -0.4 is 0 Å². The zero-order valence-electron chi connectivity index (χ0n) is 13.0. The Balaban J connectivity index is 2.04. The van der Waals surface area contributed by atoms with Crippen molar-refractivity contribution in [2.45, 2.75) is 24.1 Å². The highest BCUT2D eigenvalue weighted by atomic mass is 32.2. The third-order valence-corrected chi connectivity index (χ3v) is 8.06. The Hall–Kier alpha value is -0.450. The number of carboxylic acids is 1. The number of sulfonamides is 1. The lowest BCUT2D eigenvalue weighted by Crippen LogP contribution is -2.52. The van der Waals surface area contributed by atoms with E-state index in [4.69, 9.17) is 5.11 Å². The first-order chi connectivity index (χ1) is 10.8. The summed E-state index contributed by atoms with van der Waals surface area (Å²) in [6.07, 6.45) is 2.14. The van der Waals surface area contributed by atoms with E-state index < -0.39 is 16.0 Å². The molecule has 0 aromatic rings. The first-order valence-corrected chi connectivity index (χ1v) is 11.5. The van der Waals surface area contributed by atoms with Crippen molar-refractivity contribution in [3.63, 3.8) is 0 Å². The highest BCUT2D eigenvalue weighted by Crippen LogP contribution is 2.28. The van der Waals surface area contributed by atoms with Gasteiger partial charge in [0, 0.05) is 36.4 Å². The van der Waals surface area contributed by atoms with Crippen molar-refractivity contribution in [3.8, 4) is 0 Å². The number of amides is 1.